The Balaban J connectivity index is 1.84. The molecular formula is C19H20N2O2. The van der Waals surface area contributed by atoms with E-state index in [4.69, 9.17) is 0 Å². The van der Waals surface area contributed by atoms with Crippen molar-refractivity contribution in [2.24, 2.45) is 0 Å². The van der Waals surface area contributed by atoms with Crippen LogP contribution in [0.15, 0.2) is 42.5 Å². The second-order valence-electron chi connectivity index (χ2n) is 6.13. The van der Waals surface area contributed by atoms with Crippen LogP contribution in [0.3, 0.4) is 0 Å². The molecule has 3 rings (SSSR count). The Morgan fingerprint density at radius 3 is 2.43 bits per heavy atom. The van der Waals surface area contributed by atoms with E-state index in [1.54, 1.807) is 6.07 Å². The van der Waals surface area contributed by atoms with E-state index in [1.807, 2.05) is 51.1 Å². The first-order valence-corrected chi connectivity index (χ1v) is 7.73. The zero-order valence-electron chi connectivity index (χ0n) is 13.6. The summed E-state index contributed by atoms with van der Waals surface area (Å²) in [5.41, 5.74) is 4.80. The smallest absolute Gasteiger partial charge is 0.256 e. The number of carbonyl (C=O) groups excluding carboxylic acids is 2. The van der Waals surface area contributed by atoms with Crippen LogP contribution in [0.1, 0.15) is 23.1 Å². The molecule has 0 saturated carbocycles. The molecule has 0 aliphatic carbocycles. The molecular weight excluding hydrogens is 288 g/mol. The van der Waals surface area contributed by atoms with Gasteiger partial charge in [-0.3, -0.25) is 9.59 Å². The lowest BCUT2D eigenvalue weighted by atomic mass is 10.1. The first kappa shape index (κ1) is 15.3. The van der Waals surface area contributed by atoms with Gasteiger partial charge in [0, 0.05) is 5.69 Å². The summed E-state index contributed by atoms with van der Waals surface area (Å²) in [6.45, 7) is 5.97. The molecule has 1 atom stereocenters. The van der Waals surface area contributed by atoms with E-state index in [-0.39, 0.29) is 18.2 Å². The van der Waals surface area contributed by atoms with Gasteiger partial charge < -0.3 is 5.32 Å². The van der Waals surface area contributed by atoms with Crippen LogP contribution in [0.2, 0.25) is 0 Å². The van der Waals surface area contributed by atoms with Gasteiger partial charge in [0.05, 0.1) is 12.1 Å². The fraction of sp³-hybridized carbons (Fsp3) is 0.263. The summed E-state index contributed by atoms with van der Waals surface area (Å²) < 4.78 is 0. The van der Waals surface area contributed by atoms with Crippen molar-refractivity contribution in [3.8, 4) is 0 Å². The molecule has 1 aliphatic heterocycles. The fourth-order valence-electron chi connectivity index (χ4n) is 2.95. The first-order valence-electron chi connectivity index (χ1n) is 7.73. The molecule has 1 heterocycles. The Labute approximate surface area is 136 Å². The lowest BCUT2D eigenvalue weighted by Crippen LogP contribution is -2.34. The zero-order valence-corrected chi connectivity index (χ0v) is 13.6. The van der Waals surface area contributed by atoms with E-state index >= 15 is 0 Å². The quantitative estimate of drug-likeness (QED) is 0.885. The number of nitrogens with one attached hydrogen (secondary N) is 1. The van der Waals surface area contributed by atoms with Crippen LogP contribution in [0.5, 0.6) is 0 Å². The molecule has 4 heteroatoms. The van der Waals surface area contributed by atoms with Crippen molar-refractivity contribution in [3.05, 3.63) is 59.2 Å². The number of carbonyl (C=O) groups is 2. The largest absolute Gasteiger partial charge is 0.373 e. The van der Waals surface area contributed by atoms with Crippen LogP contribution < -0.4 is 10.2 Å². The SMILES string of the molecule is Cc1cccc(N2C(=O)C[C@H](Nc3ccc(C)cc3C)C2=O)c1. The molecule has 0 aromatic heterocycles. The summed E-state index contributed by atoms with van der Waals surface area (Å²) in [5.74, 6) is -0.358. The van der Waals surface area contributed by atoms with Gasteiger partial charge in [-0.05, 0) is 50.1 Å². The van der Waals surface area contributed by atoms with Crippen LogP contribution >= 0.6 is 0 Å². The minimum Gasteiger partial charge on any atom is -0.373 e. The van der Waals surface area contributed by atoms with Crippen molar-refractivity contribution in [2.75, 3.05) is 10.2 Å². The lowest BCUT2D eigenvalue weighted by molar-refractivity contribution is -0.121. The Kier molecular flexibility index (Phi) is 3.90. The van der Waals surface area contributed by atoms with E-state index in [9.17, 15) is 9.59 Å². The normalized spacial score (nSPS) is 17.7. The predicted octanol–water partition coefficient (Wildman–Crippen LogP) is 3.36. The van der Waals surface area contributed by atoms with Gasteiger partial charge in [-0.15, -0.1) is 0 Å². The molecule has 0 radical (unpaired) electrons. The second kappa shape index (κ2) is 5.88. The highest BCUT2D eigenvalue weighted by molar-refractivity contribution is 6.23. The highest BCUT2D eigenvalue weighted by atomic mass is 16.2. The van der Waals surface area contributed by atoms with Crippen molar-refractivity contribution in [1.29, 1.82) is 0 Å². The summed E-state index contributed by atoms with van der Waals surface area (Å²) in [6, 6.07) is 13.0. The number of nitrogens with zero attached hydrogens (tertiary/aromatic N) is 1. The van der Waals surface area contributed by atoms with Gasteiger partial charge in [-0.1, -0.05) is 29.8 Å². The van der Waals surface area contributed by atoms with Gasteiger partial charge in [0.1, 0.15) is 6.04 Å². The molecule has 2 amide bonds. The first-order chi connectivity index (χ1) is 11.0. The third-order valence-electron chi connectivity index (χ3n) is 4.12. The summed E-state index contributed by atoms with van der Waals surface area (Å²) in [7, 11) is 0. The molecule has 1 aliphatic rings. The van der Waals surface area contributed by atoms with E-state index < -0.39 is 6.04 Å². The van der Waals surface area contributed by atoms with Crippen LogP contribution in [-0.2, 0) is 9.59 Å². The van der Waals surface area contributed by atoms with Gasteiger partial charge in [-0.2, -0.15) is 0 Å². The topological polar surface area (TPSA) is 49.4 Å². The number of benzene rings is 2. The van der Waals surface area contributed by atoms with Gasteiger partial charge >= 0.3 is 0 Å². The molecule has 0 unspecified atom stereocenters. The minimum atomic E-state index is -0.510. The number of hydrogen-bond acceptors (Lipinski definition) is 3. The van der Waals surface area contributed by atoms with Gasteiger partial charge in [0.25, 0.3) is 5.91 Å². The van der Waals surface area contributed by atoms with Gasteiger partial charge in [0.15, 0.2) is 0 Å². The maximum absolute atomic E-state index is 12.7. The van der Waals surface area contributed by atoms with Crippen LogP contribution in [-0.4, -0.2) is 17.9 Å². The zero-order chi connectivity index (χ0) is 16.6. The Morgan fingerprint density at radius 2 is 1.74 bits per heavy atom. The Hall–Kier alpha value is -2.62. The third kappa shape index (κ3) is 2.97. The highest BCUT2D eigenvalue weighted by Gasteiger charge is 2.39. The summed E-state index contributed by atoms with van der Waals surface area (Å²) in [5, 5.41) is 3.22. The molecule has 1 fully saturated rings. The highest BCUT2D eigenvalue weighted by Crippen LogP contribution is 2.26. The summed E-state index contributed by atoms with van der Waals surface area (Å²) >= 11 is 0. The fourth-order valence-corrected chi connectivity index (χ4v) is 2.95. The molecule has 0 spiro atoms. The molecule has 1 N–H and O–H groups in total. The predicted molar refractivity (Wildman–Crippen MR) is 91.6 cm³/mol. The van der Waals surface area contributed by atoms with Crippen molar-refractivity contribution in [3.63, 3.8) is 0 Å². The molecule has 4 nitrogen and oxygen atoms in total. The number of rotatable bonds is 3. The van der Waals surface area contributed by atoms with Crippen LogP contribution in [0.4, 0.5) is 11.4 Å². The standard InChI is InChI=1S/C19H20N2O2/c1-12-5-4-6-15(10-12)21-18(22)11-17(19(21)23)20-16-8-7-13(2)9-14(16)3/h4-10,17,20H,11H2,1-3H3/t17-/m0/s1. The van der Waals surface area contributed by atoms with Gasteiger partial charge in [-0.25, -0.2) is 4.90 Å². The van der Waals surface area contributed by atoms with E-state index in [1.165, 1.54) is 10.5 Å². The van der Waals surface area contributed by atoms with E-state index in [2.05, 4.69) is 11.4 Å². The van der Waals surface area contributed by atoms with Crippen molar-refractivity contribution in [1.82, 2.24) is 0 Å². The van der Waals surface area contributed by atoms with Crippen molar-refractivity contribution in [2.45, 2.75) is 33.2 Å². The lowest BCUT2D eigenvalue weighted by Gasteiger charge is -2.17. The average Bonchev–Trinajstić information content (AvgIpc) is 2.76. The summed E-state index contributed by atoms with van der Waals surface area (Å²) in [4.78, 5) is 26.2. The molecule has 0 bridgehead atoms. The van der Waals surface area contributed by atoms with Crippen LogP contribution in [0.25, 0.3) is 0 Å². The van der Waals surface area contributed by atoms with E-state index in [0.717, 1.165) is 16.8 Å². The maximum Gasteiger partial charge on any atom is 0.256 e. The molecule has 23 heavy (non-hydrogen) atoms. The maximum atomic E-state index is 12.7. The van der Waals surface area contributed by atoms with Crippen LogP contribution in [0, 0.1) is 20.8 Å². The van der Waals surface area contributed by atoms with Gasteiger partial charge in [0.2, 0.25) is 5.91 Å². The molecule has 118 valence electrons. The number of hydrogen-bond donors (Lipinski definition) is 1. The number of aryl methyl sites for hydroxylation is 3. The average molecular weight is 308 g/mol. The third-order valence-corrected chi connectivity index (χ3v) is 4.12. The number of anilines is 2. The van der Waals surface area contributed by atoms with Crippen molar-refractivity contribution < 1.29 is 9.59 Å². The molecule has 2 aromatic rings. The Bertz CT molecular complexity index is 783. The monoisotopic (exact) mass is 308 g/mol. The molecule has 1 saturated heterocycles. The second-order valence-corrected chi connectivity index (χ2v) is 6.13. The van der Waals surface area contributed by atoms with E-state index in [0.29, 0.717) is 5.69 Å². The number of imide groups is 1. The van der Waals surface area contributed by atoms with Crippen molar-refractivity contribution >= 4 is 23.2 Å². The minimum absolute atomic E-state index is 0.164. The number of amides is 2. The molecule has 2 aromatic carbocycles. The summed E-state index contributed by atoms with van der Waals surface area (Å²) in [6.07, 6.45) is 0.181. The Morgan fingerprint density at radius 1 is 1.00 bits per heavy atom.